The second kappa shape index (κ2) is 9.86. The average Bonchev–Trinajstić information content (AvgIpc) is 2.52. The number of hydrogen-bond donors (Lipinski definition) is 2. The van der Waals surface area contributed by atoms with Crippen LogP contribution in [-0.4, -0.2) is 49.2 Å². The fraction of sp³-hybridized carbons (Fsp3) is 0.556. The van der Waals surface area contributed by atoms with Crippen molar-refractivity contribution < 1.29 is 13.9 Å². The largest absolute Gasteiger partial charge is 0.444 e. The number of amides is 1. The number of likely N-dealkylation sites (N-methyl/N-ethyl adjacent to an activating group) is 1. The number of nitrogens with zero attached hydrogens (tertiary/aromatic N) is 2. The Labute approximate surface area is 149 Å². The molecule has 0 saturated heterocycles. The first-order valence-corrected chi connectivity index (χ1v) is 8.42. The minimum atomic E-state index is -0.510. The second-order valence-electron chi connectivity index (χ2n) is 6.65. The zero-order valence-electron chi connectivity index (χ0n) is 15.7. The lowest BCUT2D eigenvalue weighted by molar-refractivity contribution is 0.0302. The van der Waals surface area contributed by atoms with E-state index in [2.05, 4.69) is 15.6 Å². The third kappa shape index (κ3) is 8.93. The molecule has 0 aliphatic rings. The standard InChI is InChI=1S/C18H29FN4O2/c1-6-20-16(22-13-14-7-9-15(19)10-8-14)21-11-12-23(5)17(24)25-18(2,3)4/h7-10H,6,11-13H2,1-5H3,(H2,20,21,22). The Morgan fingerprint density at radius 2 is 1.88 bits per heavy atom. The topological polar surface area (TPSA) is 66.0 Å². The van der Waals surface area contributed by atoms with Gasteiger partial charge in [-0.1, -0.05) is 12.1 Å². The van der Waals surface area contributed by atoms with E-state index in [9.17, 15) is 9.18 Å². The Kier molecular flexibility index (Phi) is 8.18. The molecule has 0 radical (unpaired) electrons. The van der Waals surface area contributed by atoms with Gasteiger partial charge in [0.05, 0.1) is 6.54 Å². The first-order chi connectivity index (χ1) is 11.7. The number of rotatable bonds is 6. The molecule has 0 unspecified atom stereocenters. The molecule has 1 rings (SSSR count). The van der Waals surface area contributed by atoms with Crippen LogP contribution in [0.5, 0.6) is 0 Å². The van der Waals surface area contributed by atoms with Crippen LogP contribution in [0.3, 0.4) is 0 Å². The summed E-state index contributed by atoms with van der Waals surface area (Å²) in [5.41, 5.74) is 0.411. The highest BCUT2D eigenvalue weighted by molar-refractivity contribution is 5.79. The highest BCUT2D eigenvalue weighted by atomic mass is 19.1. The summed E-state index contributed by atoms with van der Waals surface area (Å²) in [5, 5.41) is 6.30. The fourth-order valence-electron chi connectivity index (χ4n) is 1.88. The summed E-state index contributed by atoms with van der Waals surface area (Å²) in [7, 11) is 1.69. The number of aliphatic imine (C=N–C) groups is 1. The minimum absolute atomic E-state index is 0.261. The summed E-state index contributed by atoms with van der Waals surface area (Å²) in [5.74, 6) is 0.382. The Morgan fingerprint density at radius 3 is 2.44 bits per heavy atom. The van der Waals surface area contributed by atoms with Gasteiger partial charge in [0, 0.05) is 26.7 Å². The number of carbonyl (C=O) groups is 1. The van der Waals surface area contributed by atoms with Gasteiger partial charge in [-0.15, -0.1) is 0 Å². The monoisotopic (exact) mass is 352 g/mol. The van der Waals surface area contributed by atoms with Gasteiger partial charge in [0.2, 0.25) is 0 Å². The van der Waals surface area contributed by atoms with Crippen LogP contribution >= 0.6 is 0 Å². The molecule has 6 nitrogen and oxygen atoms in total. The van der Waals surface area contributed by atoms with Gasteiger partial charge in [0.1, 0.15) is 11.4 Å². The summed E-state index contributed by atoms with van der Waals surface area (Å²) in [6.45, 7) is 9.66. The number of ether oxygens (including phenoxy) is 1. The lowest BCUT2D eigenvalue weighted by Crippen LogP contribution is -2.43. The number of guanidine groups is 1. The van der Waals surface area contributed by atoms with Crippen molar-refractivity contribution in [2.75, 3.05) is 26.7 Å². The molecule has 1 amide bonds. The van der Waals surface area contributed by atoms with Gasteiger partial charge in [0.15, 0.2) is 5.96 Å². The Bertz CT molecular complexity index is 567. The van der Waals surface area contributed by atoms with Crippen LogP contribution in [0.25, 0.3) is 0 Å². The van der Waals surface area contributed by atoms with E-state index >= 15 is 0 Å². The van der Waals surface area contributed by atoms with E-state index in [-0.39, 0.29) is 11.9 Å². The van der Waals surface area contributed by atoms with E-state index in [4.69, 9.17) is 4.74 Å². The van der Waals surface area contributed by atoms with E-state index in [0.29, 0.717) is 25.6 Å². The summed E-state index contributed by atoms with van der Waals surface area (Å²) >= 11 is 0. The van der Waals surface area contributed by atoms with Gasteiger partial charge >= 0.3 is 6.09 Å². The third-order valence-electron chi connectivity index (χ3n) is 3.12. The molecule has 2 N–H and O–H groups in total. The molecule has 0 saturated carbocycles. The predicted octanol–water partition coefficient (Wildman–Crippen LogP) is 2.75. The van der Waals surface area contributed by atoms with Crippen molar-refractivity contribution in [3.63, 3.8) is 0 Å². The van der Waals surface area contributed by atoms with Crippen molar-refractivity contribution in [1.82, 2.24) is 15.5 Å². The maximum atomic E-state index is 12.9. The normalized spacial score (nSPS) is 11.8. The van der Waals surface area contributed by atoms with Crippen LogP contribution in [0, 0.1) is 5.82 Å². The van der Waals surface area contributed by atoms with Crippen molar-refractivity contribution in [1.29, 1.82) is 0 Å². The molecule has 0 spiro atoms. The van der Waals surface area contributed by atoms with E-state index in [0.717, 1.165) is 12.1 Å². The highest BCUT2D eigenvalue weighted by Gasteiger charge is 2.19. The van der Waals surface area contributed by atoms with E-state index < -0.39 is 5.60 Å². The van der Waals surface area contributed by atoms with Crippen LogP contribution in [0.15, 0.2) is 29.3 Å². The first kappa shape index (κ1) is 20.7. The molecule has 0 aromatic heterocycles. The predicted molar refractivity (Wildman–Crippen MR) is 98.1 cm³/mol. The minimum Gasteiger partial charge on any atom is -0.444 e. The second-order valence-corrected chi connectivity index (χ2v) is 6.65. The molecule has 0 fully saturated rings. The number of benzene rings is 1. The van der Waals surface area contributed by atoms with Gasteiger partial charge in [-0.05, 0) is 45.4 Å². The van der Waals surface area contributed by atoms with Gasteiger partial charge in [-0.2, -0.15) is 0 Å². The molecule has 0 atom stereocenters. The Hall–Kier alpha value is -2.31. The number of carbonyl (C=O) groups excluding carboxylic acids is 1. The quantitative estimate of drug-likeness (QED) is 0.610. The van der Waals surface area contributed by atoms with Gasteiger partial charge in [-0.3, -0.25) is 0 Å². The number of nitrogens with one attached hydrogen (secondary N) is 2. The van der Waals surface area contributed by atoms with Crippen molar-refractivity contribution >= 4 is 12.1 Å². The van der Waals surface area contributed by atoms with Gasteiger partial charge < -0.3 is 20.3 Å². The van der Waals surface area contributed by atoms with E-state index in [1.54, 1.807) is 19.2 Å². The maximum Gasteiger partial charge on any atom is 0.410 e. The smallest absolute Gasteiger partial charge is 0.410 e. The fourth-order valence-corrected chi connectivity index (χ4v) is 1.88. The lowest BCUT2D eigenvalue weighted by atomic mass is 10.2. The SMILES string of the molecule is CCNC(=NCc1ccc(F)cc1)NCCN(C)C(=O)OC(C)(C)C. The molecule has 1 aromatic rings. The molecule has 1 aromatic carbocycles. The van der Waals surface area contributed by atoms with E-state index in [1.807, 2.05) is 27.7 Å². The molecule has 0 aliphatic heterocycles. The average molecular weight is 352 g/mol. The number of halogens is 1. The molecule has 140 valence electrons. The molecule has 0 heterocycles. The molecule has 0 bridgehead atoms. The Morgan fingerprint density at radius 1 is 1.24 bits per heavy atom. The zero-order valence-corrected chi connectivity index (χ0v) is 15.7. The highest BCUT2D eigenvalue weighted by Crippen LogP contribution is 2.08. The summed E-state index contributed by atoms with van der Waals surface area (Å²) in [6, 6.07) is 6.25. The lowest BCUT2D eigenvalue weighted by Gasteiger charge is -2.24. The summed E-state index contributed by atoms with van der Waals surface area (Å²) in [6.07, 6.45) is -0.359. The van der Waals surface area contributed by atoms with Crippen molar-refractivity contribution in [2.24, 2.45) is 4.99 Å². The van der Waals surface area contributed by atoms with Crippen molar-refractivity contribution in [3.05, 3.63) is 35.6 Å². The number of hydrogen-bond acceptors (Lipinski definition) is 3. The van der Waals surface area contributed by atoms with E-state index in [1.165, 1.54) is 17.0 Å². The Balaban J connectivity index is 2.48. The summed E-state index contributed by atoms with van der Waals surface area (Å²) in [4.78, 5) is 17.9. The third-order valence-corrected chi connectivity index (χ3v) is 3.12. The van der Waals surface area contributed by atoms with Crippen LogP contribution in [0.2, 0.25) is 0 Å². The van der Waals surface area contributed by atoms with Crippen LogP contribution in [0.1, 0.15) is 33.3 Å². The molecular weight excluding hydrogens is 323 g/mol. The van der Waals surface area contributed by atoms with Gasteiger partial charge in [-0.25, -0.2) is 14.2 Å². The maximum absolute atomic E-state index is 12.9. The van der Waals surface area contributed by atoms with Crippen LogP contribution < -0.4 is 10.6 Å². The molecule has 25 heavy (non-hydrogen) atoms. The summed E-state index contributed by atoms with van der Waals surface area (Å²) < 4.78 is 18.2. The van der Waals surface area contributed by atoms with Gasteiger partial charge in [0.25, 0.3) is 0 Å². The van der Waals surface area contributed by atoms with Crippen molar-refractivity contribution in [3.8, 4) is 0 Å². The zero-order chi connectivity index (χ0) is 18.9. The molecular formula is C18H29FN4O2. The van der Waals surface area contributed by atoms with Crippen LogP contribution in [-0.2, 0) is 11.3 Å². The molecule has 7 heteroatoms. The first-order valence-electron chi connectivity index (χ1n) is 8.42. The molecule has 0 aliphatic carbocycles. The van der Waals surface area contributed by atoms with Crippen LogP contribution in [0.4, 0.5) is 9.18 Å². The van der Waals surface area contributed by atoms with Crippen molar-refractivity contribution in [2.45, 2.75) is 39.8 Å².